The van der Waals surface area contributed by atoms with Gasteiger partial charge in [-0.25, -0.2) is 14.9 Å². The molecule has 0 aliphatic carbocycles. The van der Waals surface area contributed by atoms with E-state index in [0.717, 1.165) is 24.0 Å². The third kappa shape index (κ3) is 8.99. The number of phenols is 1. The molecule has 0 spiro atoms. The van der Waals surface area contributed by atoms with Gasteiger partial charge in [0.05, 0.1) is 12.7 Å². The number of ether oxygens (including phenoxy) is 1. The van der Waals surface area contributed by atoms with Gasteiger partial charge in [0.15, 0.2) is 11.5 Å². The third-order valence-corrected chi connectivity index (χ3v) is 8.15. The summed E-state index contributed by atoms with van der Waals surface area (Å²) in [4.78, 5) is 26.3. The van der Waals surface area contributed by atoms with E-state index in [0.29, 0.717) is 47.7 Å². The maximum Gasteiger partial charge on any atom is 0.290 e. The summed E-state index contributed by atoms with van der Waals surface area (Å²) < 4.78 is 20.0. The fourth-order valence-electron chi connectivity index (χ4n) is 5.64. The van der Waals surface area contributed by atoms with Gasteiger partial charge < -0.3 is 25.2 Å². The Hall–Kier alpha value is -6.28. The van der Waals surface area contributed by atoms with Crippen LogP contribution in [0.4, 0.5) is 10.2 Å². The Bertz CT molecular complexity index is 1930. The zero-order valence-electron chi connectivity index (χ0n) is 27.1. The summed E-state index contributed by atoms with van der Waals surface area (Å²) in [6.45, 7) is 1.73. The molecular weight excluding hydrogens is 643 g/mol. The Balaban J connectivity index is 0.00000181. The van der Waals surface area contributed by atoms with Crippen LogP contribution in [0.3, 0.4) is 0 Å². The Kier molecular flexibility index (Phi) is 13.0. The summed E-state index contributed by atoms with van der Waals surface area (Å²) in [5.74, 6) is -0.469. The molecular formula is C37H35FN6O6. The van der Waals surface area contributed by atoms with Crippen molar-refractivity contribution in [3.8, 4) is 45.9 Å². The quantitative estimate of drug-likeness (QED) is 0.0822. The number of hydroxylamine groups is 1. The number of nitrogens with zero attached hydrogens (tertiary/aromatic N) is 4. The van der Waals surface area contributed by atoms with Crippen molar-refractivity contribution in [1.82, 2.24) is 15.8 Å². The van der Waals surface area contributed by atoms with E-state index in [1.807, 2.05) is 36.4 Å². The number of piperidine rings is 1. The Labute approximate surface area is 288 Å². The predicted molar refractivity (Wildman–Crippen MR) is 184 cm³/mol. The monoisotopic (exact) mass is 678 g/mol. The summed E-state index contributed by atoms with van der Waals surface area (Å²) in [5, 5.41) is 49.3. The molecule has 1 amide bonds. The SMILES string of the molecule is COc1ccc(-c2cnc(N3CCC(NCc4ccc(/C=C/CC(=O)NO)cc4)CC3)c(C#N)c2-c2ccc(C#N)c(F)c2)cc1O.O=CO. The second-order valence-corrected chi connectivity index (χ2v) is 11.2. The van der Waals surface area contributed by atoms with E-state index in [1.54, 1.807) is 36.0 Å². The lowest BCUT2D eigenvalue weighted by Crippen LogP contribution is -2.42. The minimum absolute atomic E-state index is 0.0865. The van der Waals surface area contributed by atoms with Gasteiger partial charge in [-0.2, -0.15) is 10.5 Å². The summed E-state index contributed by atoms with van der Waals surface area (Å²) in [5.41, 5.74) is 5.82. The van der Waals surface area contributed by atoms with E-state index < -0.39 is 11.7 Å². The number of hydrogen-bond acceptors (Lipinski definition) is 10. The van der Waals surface area contributed by atoms with E-state index in [4.69, 9.17) is 24.8 Å². The zero-order valence-corrected chi connectivity index (χ0v) is 27.1. The number of nitrogens with one attached hydrogen (secondary N) is 2. The van der Waals surface area contributed by atoms with Gasteiger partial charge in [-0.1, -0.05) is 48.6 Å². The van der Waals surface area contributed by atoms with Crippen molar-refractivity contribution in [1.29, 1.82) is 10.5 Å². The molecule has 3 aromatic carbocycles. The minimum Gasteiger partial charge on any atom is -0.504 e. The van der Waals surface area contributed by atoms with Crippen LogP contribution in [0.15, 0.2) is 72.9 Å². The van der Waals surface area contributed by atoms with Gasteiger partial charge in [-0.3, -0.25) is 14.8 Å². The molecule has 5 N–H and O–H groups in total. The first kappa shape index (κ1) is 36.6. The number of pyridine rings is 1. The largest absolute Gasteiger partial charge is 0.504 e. The number of phenolic OH excluding ortho intramolecular Hbond substituents is 1. The number of carbonyl (C=O) groups is 2. The number of halogens is 1. The average molecular weight is 679 g/mol. The number of rotatable bonds is 10. The molecule has 0 unspecified atom stereocenters. The number of aromatic nitrogens is 1. The molecule has 1 aromatic heterocycles. The normalized spacial score (nSPS) is 12.7. The van der Waals surface area contributed by atoms with Crippen molar-refractivity contribution >= 4 is 24.3 Å². The number of methoxy groups -OCH3 is 1. The van der Waals surface area contributed by atoms with Gasteiger partial charge in [0.2, 0.25) is 5.91 Å². The molecule has 1 aliphatic rings. The van der Waals surface area contributed by atoms with Gasteiger partial charge in [-0.05, 0) is 59.4 Å². The van der Waals surface area contributed by atoms with Crippen molar-refractivity contribution in [2.75, 3.05) is 25.1 Å². The molecule has 1 aliphatic heterocycles. The Morgan fingerprint density at radius 1 is 1.08 bits per heavy atom. The number of aromatic hydroxyl groups is 1. The van der Waals surface area contributed by atoms with E-state index in [-0.39, 0.29) is 41.6 Å². The minimum atomic E-state index is -0.694. The first-order valence-corrected chi connectivity index (χ1v) is 15.5. The molecule has 5 rings (SSSR count). The second kappa shape index (κ2) is 17.8. The highest BCUT2D eigenvalue weighted by Crippen LogP contribution is 2.41. The smallest absolute Gasteiger partial charge is 0.290 e. The van der Waals surface area contributed by atoms with E-state index in [9.17, 15) is 24.8 Å². The number of anilines is 1. The first-order valence-electron chi connectivity index (χ1n) is 15.5. The van der Waals surface area contributed by atoms with Gasteiger partial charge in [0.1, 0.15) is 29.3 Å². The summed E-state index contributed by atoms with van der Waals surface area (Å²) in [6, 6.07) is 21.5. The van der Waals surface area contributed by atoms with E-state index >= 15 is 0 Å². The second-order valence-electron chi connectivity index (χ2n) is 11.2. The molecule has 1 saturated heterocycles. The number of amides is 1. The van der Waals surface area contributed by atoms with Crippen LogP contribution < -0.4 is 20.4 Å². The summed E-state index contributed by atoms with van der Waals surface area (Å²) >= 11 is 0. The van der Waals surface area contributed by atoms with Crippen molar-refractivity contribution in [2.45, 2.75) is 31.8 Å². The number of hydrogen-bond donors (Lipinski definition) is 5. The Morgan fingerprint density at radius 2 is 1.78 bits per heavy atom. The molecule has 0 saturated carbocycles. The van der Waals surface area contributed by atoms with Gasteiger partial charge in [-0.15, -0.1) is 0 Å². The molecule has 0 atom stereocenters. The lowest BCUT2D eigenvalue weighted by molar-refractivity contribution is -0.128. The summed E-state index contributed by atoms with van der Waals surface area (Å²) in [6.07, 6.45) is 6.86. The van der Waals surface area contributed by atoms with Crippen molar-refractivity contribution < 1.29 is 34.1 Å². The molecule has 13 heteroatoms. The molecule has 0 radical (unpaired) electrons. The first-order chi connectivity index (χ1) is 24.3. The molecule has 0 bridgehead atoms. The Morgan fingerprint density at radius 3 is 2.38 bits per heavy atom. The maximum absolute atomic E-state index is 14.9. The molecule has 1 fully saturated rings. The molecule has 4 aromatic rings. The van der Waals surface area contributed by atoms with Crippen molar-refractivity contribution in [3.05, 3.63) is 101 Å². The van der Waals surface area contributed by atoms with Crippen molar-refractivity contribution in [3.63, 3.8) is 0 Å². The number of carbonyl (C=O) groups excluding carboxylic acids is 1. The highest BCUT2D eigenvalue weighted by atomic mass is 19.1. The standard InChI is InChI=1S/C36H33FN6O4.CH2O2/c1-47-33-12-11-25(18-32(33)44)30-22-41-36(29(20-39)35(30)26-9-10-27(19-38)31(37)17-26)43-15-13-28(14-16-43)40-21-24-7-5-23(6-8-24)3-2-4-34(45)42-46;2-1-3/h2-3,5-12,17-18,22,28,40,44,46H,4,13-16,21H2,1H3,(H,42,45);1H,(H,2,3)/b3-2+;. The number of nitriles is 2. The fourth-order valence-corrected chi connectivity index (χ4v) is 5.64. The van der Waals surface area contributed by atoms with Crippen LogP contribution >= 0.6 is 0 Å². The average Bonchev–Trinajstić information content (AvgIpc) is 3.14. The van der Waals surface area contributed by atoms with Gasteiger partial charge in [0, 0.05) is 49.4 Å². The lowest BCUT2D eigenvalue weighted by Gasteiger charge is -2.34. The molecule has 256 valence electrons. The van der Waals surface area contributed by atoms with Crippen LogP contribution in [-0.4, -0.2) is 59.0 Å². The molecule has 50 heavy (non-hydrogen) atoms. The van der Waals surface area contributed by atoms with Crippen LogP contribution in [0.1, 0.15) is 41.5 Å². The topological polar surface area (TPSA) is 192 Å². The van der Waals surface area contributed by atoms with E-state index in [2.05, 4.69) is 16.3 Å². The summed E-state index contributed by atoms with van der Waals surface area (Å²) in [7, 11) is 1.45. The predicted octanol–water partition coefficient (Wildman–Crippen LogP) is 5.38. The van der Waals surface area contributed by atoms with Gasteiger partial charge >= 0.3 is 0 Å². The fraction of sp³-hybridized carbons (Fsp3) is 0.216. The van der Waals surface area contributed by atoms with Crippen LogP contribution in [0.25, 0.3) is 28.3 Å². The number of benzene rings is 3. The molecule has 12 nitrogen and oxygen atoms in total. The highest BCUT2D eigenvalue weighted by Gasteiger charge is 2.26. The number of carboxylic acid groups (broad SMARTS) is 1. The van der Waals surface area contributed by atoms with Crippen LogP contribution in [0.5, 0.6) is 11.5 Å². The lowest BCUT2D eigenvalue weighted by atomic mass is 9.91. The maximum atomic E-state index is 14.9. The zero-order chi connectivity index (χ0) is 36.0. The van der Waals surface area contributed by atoms with Crippen molar-refractivity contribution in [2.24, 2.45) is 0 Å². The van der Waals surface area contributed by atoms with Crippen LogP contribution in [0.2, 0.25) is 0 Å². The van der Waals surface area contributed by atoms with Crippen LogP contribution in [0, 0.1) is 28.5 Å². The highest BCUT2D eigenvalue weighted by molar-refractivity contribution is 5.90. The third-order valence-electron chi connectivity index (χ3n) is 8.15. The van der Waals surface area contributed by atoms with Crippen LogP contribution in [-0.2, 0) is 16.1 Å². The molecule has 2 heterocycles. The van der Waals surface area contributed by atoms with Gasteiger partial charge in [0.25, 0.3) is 6.47 Å². The van der Waals surface area contributed by atoms with E-state index in [1.165, 1.54) is 25.3 Å².